The number of nitrogens with one attached hydrogen (secondary N) is 1. The van der Waals surface area contributed by atoms with Crippen LogP contribution < -0.4 is 10.2 Å². The lowest BCUT2D eigenvalue weighted by Crippen LogP contribution is -2.52. The summed E-state index contributed by atoms with van der Waals surface area (Å²) in [6.07, 6.45) is 7.02. The second kappa shape index (κ2) is 7.67. The summed E-state index contributed by atoms with van der Waals surface area (Å²) in [6, 6.07) is 1.84. The minimum Gasteiger partial charge on any atom is -0.349 e. The standard InChI is InChI=1S/C17H25N9/c1-18-16(21-13-15-23-22-14-5-2-3-8-26(14)15)24-9-11-25(12-10-24)17-19-6-4-7-20-17/h4,6-7H,2-3,5,8-13H2,1H3,(H,18,21). The Balaban J connectivity index is 1.33. The maximum atomic E-state index is 4.45. The third-order valence-corrected chi connectivity index (χ3v) is 4.97. The fraction of sp³-hybridized carbons (Fsp3) is 0.588. The van der Waals surface area contributed by atoms with E-state index in [0.29, 0.717) is 6.54 Å². The molecule has 0 radical (unpaired) electrons. The molecule has 0 aromatic carbocycles. The summed E-state index contributed by atoms with van der Waals surface area (Å²) in [5.74, 6) is 3.81. The number of aryl methyl sites for hydroxylation is 1. The van der Waals surface area contributed by atoms with Gasteiger partial charge in [-0.25, -0.2) is 9.97 Å². The molecule has 0 spiro atoms. The molecule has 2 aromatic heterocycles. The van der Waals surface area contributed by atoms with Crippen molar-refractivity contribution in [1.29, 1.82) is 0 Å². The lowest BCUT2D eigenvalue weighted by atomic mass is 10.2. The van der Waals surface area contributed by atoms with Gasteiger partial charge in [0.05, 0.1) is 6.54 Å². The molecule has 2 aliphatic rings. The highest BCUT2D eigenvalue weighted by Gasteiger charge is 2.22. The average Bonchev–Trinajstić information content (AvgIpc) is 3.13. The van der Waals surface area contributed by atoms with Crippen molar-refractivity contribution in [3.63, 3.8) is 0 Å². The predicted octanol–water partition coefficient (Wildman–Crippen LogP) is 0.302. The third kappa shape index (κ3) is 3.47. The first kappa shape index (κ1) is 16.7. The average molecular weight is 355 g/mol. The Bertz CT molecular complexity index is 747. The molecule has 0 atom stereocenters. The minimum absolute atomic E-state index is 0.654. The van der Waals surface area contributed by atoms with Crippen molar-refractivity contribution < 1.29 is 0 Å². The molecule has 0 aliphatic carbocycles. The van der Waals surface area contributed by atoms with Crippen molar-refractivity contribution in [2.75, 3.05) is 38.1 Å². The second-order valence-electron chi connectivity index (χ2n) is 6.56. The number of rotatable bonds is 3. The number of hydrogen-bond donors (Lipinski definition) is 1. The van der Waals surface area contributed by atoms with Crippen LogP contribution in [0, 0.1) is 0 Å². The van der Waals surface area contributed by atoms with Gasteiger partial charge in [0.2, 0.25) is 5.95 Å². The largest absolute Gasteiger partial charge is 0.349 e. The van der Waals surface area contributed by atoms with Gasteiger partial charge in [0.1, 0.15) is 5.82 Å². The molecule has 4 rings (SSSR count). The maximum Gasteiger partial charge on any atom is 0.225 e. The fourth-order valence-corrected chi connectivity index (χ4v) is 3.56. The number of nitrogens with zero attached hydrogens (tertiary/aromatic N) is 8. The van der Waals surface area contributed by atoms with Crippen LogP contribution in [0.5, 0.6) is 0 Å². The van der Waals surface area contributed by atoms with E-state index in [1.165, 1.54) is 12.8 Å². The highest BCUT2D eigenvalue weighted by molar-refractivity contribution is 5.80. The normalized spacial score (nSPS) is 18.0. The number of piperazine rings is 1. The summed E-state index contributed by atoms with van der Waals surface area (Å²) in [7, 11) is 1.83. The first-order valence-corrected chi connectivity index (χ1v) is 9.23. The molecule has 1 fully saturated rings. The number of aliphatic imine (C=N–C) groups is 1. The van der Waals surface area contributed by atoms with Crippen LogP contribution in [0.15, 0.2) is 23.5 Å². The van der Waals surface area contributed by atoms with Gasteiger partial charge < -0.3 is 19.7 Å². The van der Waals surface area contributed by atoms with E-state index in [0.717, 1.165) is 62.7 Å². The van der Waals surface area contributed by atoms with Crippen LogP contribution in [-0.4, -0.2) is 68.8 Å². The smallest absolute Gasteiger partial charge is 0.225 e. The van der Waals surface area contributed by atoms with Crippen molar-refractivity contribution in [2.24, 2.45) is 4.99 Å². The lowest BCUT2D eigenvalue weighted by Gasteiger charge is -2.36. The van der Waals surface area contributed by atoms with Gasteiger partial charge in [-0.3, -0.25) is 4.99 Å². The van der Waals surface area contributed by atoms with Crippen LogP contribution in [0.3, 0.4) is 0 Å². The Morgan fingerprint density at radius 1 is 1.08 bits per heavy atom. The molecule has 4 heterocycles. The predicted molar refractivity (Wildman–Crippen MR) is 99.0 cm³/mol. The van der Waals surface area contributed by atoms with Crippen LogP contribution >= 0.6 is 0 Å². The summed E-state index contributed by atoms with van der Waals surface area (Å²) in [5, 5.41) is 12.1. The molecule has 1 saturated heterocycles. The van der Waals surface area contributed by atoms with Gasteiger partial charge in [-0.2, -0.15) is 0 Å². The van der Waals surface area contributed by atoms with Crippen molar-refractivity contribution in [2.45, 2.75) is 32.4 Å². The molecule has 0 saturated carbocycles. The maximum absolute atomic E-state index is 4.45. The number of guanidine groups is 1. The monoisotopic (exact) mass is 355 g/mol. The van der Waals surface area contributed by atoms with Crippen molar-refractivity contribution >= 4 is 11.9 Å². The Kier molecular flexibility index (Phi) is 4.94. The van der Waals surface area contributed by atoms with Gasteiger partial charge in [0, 0.05) is 58.6 Å². The Morgan fingerprint density at radius 2 is 1.88 bits per heavy atom. The topological polar surface area (TPSA) is 87.4 Å². The van der Waals surface area contributed by atoms with E-state index in [9.17, 15) is 0 Å². The summed E-state index contributed by atoms with van der Waals surface area (Å²) in [5.41, 5.74) is 0. The van der Waals surface area contributed by atoms with Crippen molar-refractivity contribution in [3.8, 4) is 0 Å². The van der Waals surface area contributed by atoms with Crippen LogP contribution in [0.25, 0.3) is 0 Å². The highest BCUT2D eigenvalue weighted by Crippen LogP contribution is 2.14. The molecule has 0 unspecified atom stereocenters. The molecule has 1 N–H and O–H groups in total. The fourth-order valence-electron chi connectivity index (χ4n) is 3.56. The Morgan fingerprint density at radius 3 is 2.65 bits per heavy atom. The van der Waals surface area contributed by atoms with Crippen molar-refractivity contribution in [1.82, 2.24) is 34.9 Å². The number of anilines is 1. The van der Waals surface area contributed by atoms with Crippen molar-refractivity contribution in [3.05, 3.63) is 30.1 Å². The summed E-state index contributed by atoms with van der Waals surface area (Å²) in [4.78, 5) is 17.6. The molecule has 0 bridgehead atoms. The van der Waals surface area contributed by atoms with E-state index in [1.54, 1.807) is 12.4 Å². The zero-order chi connectivity index (χ0) is 17.8. The van der Waals surface area contributed by atoms with Crippen LogP contribution in [-0.2, 0) is 19.5 Å². The van der Waals surface area contributed by atoms with Crippen LogP contribution in [0.4, 0.5) is 5.95 Å². The van der Waals surface area contributed by atoms with Gasteiger partial charge >= 0.3 is 0 Å². The number of fused-ring (bicyclic) bond motifs is 1. The minimum atomic E-state index is 0.654. The molecule has 2 aliphatic heterocycles. The first-order valence-electron chi connectivity index (χ1n) is 9.23. The third-order valence-electron chi connectivity index (χ3n) is 4.97. The van der Waals surface area contributed by atoms with E-state index in [1.807, 2.05) is 13.1 Å². The molecule has 26 heavy (non-hydrogen) atoms. The zero-order valence-corrected chi connectivity index (χ0v) is 15.2. The van der Waals surface area contributed by atoms with Gasteiger partial charge in [0.25, 0.3) is 0 Å². The number of hydrogen-bond acceptors (Lipinski definition) is 6. The quantitative estimate of drug-likeness (QED) is 0.626. The Labute approximate surface area is 153 Å². The molecule has 138 valence electrons. The van der Waals surface area contributed by atoms with E-state index in [4.69, 9.17) is 0 Å². The van der Waals surface area contributed by atoms with Gasteiger partial charge in [-0.1, -0.05) is 0 Å². The molecular weight excluding hydrogens is 330 g/mol. The van der Waals surface area contributed by atoms with E-state index in [2.05, 4.69) is 44.8 Å². The highest BCUT2D eigenvalue weighted by atomic mass is 15.4. The molecule has 0 amide bonds. The molecule has 2 aromatic rings. The van der Waals surface area contributed by atoms with Gasteiger partial charge in [0.15, 0.2) is 11.8 Å². The number of aromatic nitrogens is 5. The van der Waals surface area contributed by atoms with Gasteiger partial charge in [-0.15, -0.1) is 10.2 Å². The van der Waals surface area contributed by atoms with E-state index in [-0.39, 0.29) is 0 Å². The van der Waals surface area contributed by atoms with Gasteiger partial charge in [-0.05, 0) is 18.9 Å². The Hall–Kier alpha value is -2.71. The first-order chi connectivity index (χ1) is 12.8. The zero-order valence-electron chi connectivity index (χ0n) is 15.2. The van der Waals surface area contributed by atoms with Crippen LogP contribution in [0.2, 0.25) is 0 Å². The summed E-state index contributed by atoms with van der Waals surface area (Å²) >= 11 is 0. The SMILES string of the molecule is CN=C(NCc1nnc2n1CCCC2)N1CCN(c2ncccn2)CC1. The van der Waals surface area contributed by atoms with E-state index < -0.39 is 0 Å². The molecular formula is C17H25N9. The molecule has 9 heteroatoms. The van der Waals surface area contributed by atoms with E-state index >= 15 is 0 Å². The van der Waals surface area contributed by atoms with Crippen LogP contribution in [0.1, 0.15) is 24.5 Å². The molecule has 9 nitrogen and oxygen atoms in total. The lowest BCUT2D eigenvalue weighted by molar-refractivity contribution is 0.369. The summed E-state index contributed by atoms with van der Waals surface area (Å²) < 4.78 is 2.24. The second-order valence-corrected chi connectivity index (χ2v) is 6.56. The summed E-state index contributed by atoms with van der Waals surface area (Å²) in [6.45, 7) is 5.21.